The minimum Gasteiger partial charge on any atom is -0.493 e. The Morgan fingerprint density at radius 2 is 1.89 bits per heavy atom. The summed E-state index contributed by atoms with van der Waals surface area (Å²) >= 11 is 3.41. The molecule has 2 rings (SSSR count). The van der Waals surface area contributed by atoms with Gasteiger partial charge in [-0.3, -0.25) is 9.59 Å². The van der Waals surface area contributed by atoms with Gasteiger partial charge in [0.1, 0.15) is 0 Å². The Morgan fingerprint density at radius 1 is 1.21 bits per heavy atom. The number of carbonyl (C=O) groups excluding carboxylic acids is 2. The lowest BCUT2D eigenvalue weighted by atomic mass is 10.1. The zero-order valence-electron chi connectivity index (χ0n) is 15.7. The fourth-order valence-electron chi connectivity index (χ4n) is 2.22. The Morgan fingerprint density at radius 3 is 2.46 bits per heavy atom. The molecule has 6 nitrogen and oxygen atoms in total. The average Bonchev–Trinajstić information content (AvgIpc) is 2.70. The molecule has 0 saturated heterocycles. The van der Waals surface area contributed by atoms with Crippen LogP contribution in [0.3, 0.4) is 0 Å². The largest absolute Gasteiger partial charge is 0.493 e. The molecule has 0 aromatic heterocycles. The van der Waals surface area contributed by atoms with Crippen LogP contribution in [0.25, 0.3) is 6.08 Å². The fraction of sp³-hybridized carbons (Fsp3) is 0.190. The van der Waals surface area contributed by atoms with Crippen LogP contribution >= 0.6 is 15.9 Å². The molecule has 2 aromatic rings. The maximum Gasteiger partial charge on any atom is 0.259 e. The second kappa shape index (κ2) is 9.72. The summed E-state index contributed by atoms with van der Waals surface area (Å²) in [4.78, 5) is 25.4. The molecule has 0 N–H and O–H groups in total. The van der Waals surface area contributed by atoms with Gasteiger partial charge in [0.05, 0.1) is 23.2 Å². The first-order chi connectivity index (χ1) is 13.3. The maximum atomic E-state index is 12.3. The van der Waals surface area contributed by atoms with Crippen molar-refractivity contribution in [3.8, 4) is 17.6 Å². The summed E-state index contributed by atoms with van der Waals surface area (Å²) in [6.07, 6.45) is 3.10. The van der Waals surface area contributed by atoms with E-state index in [9.17, 15) is 9.59 Å². The van der Waals surface area contributed by atoms with Gasteiger partial charge in [-0.1, -0.05) is 6.08 Å². The van der Waals surface area contributed by atoms with E-state index in [-0.39, 0.29) is 18.3 Å². The van der Waals surface area contributed by atoms with Crippen LogP contribution in [0.15, 0.2) is 46.9 Å². The Balaban J connectivity index is 2.18. The lowest BCUT2D eigenvalue weighted by molar-refractivity contribution is -0.130. The number of allylic oxidation sites excluding steroid dienone is 1. The summed E-state index contributed by atoms with van der Waals surface area (Å²) in [5, 5.41) is 8.82. The molecule has 28 heavy (non-hydrogen) atoms. The Bertz CT molecular complexity index is 944. The maximum absolute atomic E-state index is 12.3. The Kier molecular flexibility index (Phi) is 7.36. The number of amides is 1. The molecule has 0 radical (unpaired) electrons. The number of likely N-dealkylation sites (N-methyl/N-ethyl adjacent to an activating group) is 1. The molecule has 1 amide bonds. The molecular formula is C21H19BrN2O4. The number of hydrogen-bond acceptors (Lipinski definition) is 5. The molecule has 0 saturated carbocycles. The summed E-state index contributed by atoms with van der Waals surface area (Å²) in [5.41, 5.74) is 1.71. The minimum absolute atomic E-state index is 0.117. The highest BCUT2D eigenvalue weighted by molar-refractivity contribution is 9.10. The molecule has 0 bridgehead atoms. The van der Waals surface area contributed by atoms with E-state index in [4.69, 9.17) is 14.7 Å². The predicted octanol–water partition coefficient (Wildman–Crippen LogP) is 3.69. The molecule has 0 aliphatic rings. The number of methoxy groups -OCH3 is 1. The number of carbonyl (C=O) groups is 2. The number of benzene rings is 2. The number of nitrogens with zero attached hydrogens (tertiary/aromatic N) is 2. The van der Waals surface area contributed by atoms with E-state index in [1.807, 2.05) is 6.07 Å². The number of rotatable bonds is 7. The molecule has 0 heterocycles. The van der Waals surface area contributed by atoms with Crippen molar-refractivity contribution in [1.29, 1.82) is 5.26 Å². The number of nitriles is 1. The summed E-state index contributed by atoms with van der Waals surface area (Å²) in [5.74, 6) is 0.488. The normalized spacial score (nSPS) is 10.4. The SMILES string of the molecule is COc1cc(/C=C/C(=O)c2ccc(C#N)cc2)cc(Br)c1OCC(=O)N(C)C. The smallest absolute Gasteiger partial charge is 0.259 e. The van der Waals surface area contributed by atoms with Crippen molar-refractivity contribution >= 4 is 33.7 Å². The third kappa shape index (κ3) is 5.44. The Labute approximate surface area is 172 Å². The van der Waals surface area contributed by atoms with Gasteiger partial charge >= 0.3 is 0 Å². The second-order valence-electron chi connectivity index (χ2n) is 6.00. The topological polar surface area (TPSA) is 79.6 Å². The van der Waals surface area contributed by atoms with Crippen molar-refractivity contribution in [1.82, 2.24) is 4.90 Å². The first-order valence-corrected chi connectivity index (χ1v) is 9.08. The van der Waals surface area contributed by atoms with Gasteiger partial charge in [-0.25, -0.2) is 0 Å². The van der Waals surface area contributed by atoms with Crippen LogP contribution in [0.5, 0.6) is 11.5 Å². The molecule has 0 spiro atoms. The quantitative estimate of drug-likeness (QED) is 0.482. The van der Waals surface area contributed by atoms with Crippen molar-refractivity contribution in [3.63, 3.8) is 0 Å². The molecular weight excluding hydrogens is 424 g/mol. The standard InChI is InChI=1S/C21H19BrN2O4/c1-24(2)20(26)13-28-21-17(22)10-15(11-19(21)27-3)6-9-18(25)16-7-4-14(12-23)5-8-16/h4-11H,13H2,1-3H3/b9-6+. The van der Waals surface area contributed by atoms with Crippen LogP contribution in [0.1, 0.15) is 21.5 Å². The van der Waals surface area contributed by atoms with Crippen LogP contribution in [0.4, 0.5) is 0 Å². The summed E-state index contributed by atoms with van der Waals surface area (Å²) in [6.45, 7) is -0.117. The minimum atomic E-state index is -0.184. The van der Waals surface area contributed by atoms with E-state index in [2.05, 4.69) is 15.9 Å². The predicted molar refractivity (Wildman–Crippen MR) is 109 cm³/mol. The fourth-order valence-corrected chi connectivity index (χ4v) is 2.79. The van der Waals surface area contributed by atoms with Crippen molar-refractivity contribution in [3.05, 3.63) is 63.6 Å². The van der Waals surface area contributed by atoms with Crippen molar-refractivity contribution in [2.75, 3.05) is 27.8 Å². The van der Waals surface area contributed by atoms with Gasteiger partial charge in [0.2, 0.25) is 0 Å². The lowest BCUT2D eigenvalue weighted by Crippen LogP contribution is -2.27. The molecule has 2 aromatic carbocycles. The average molecular weight is 443 g/mol. The molecule has 0 atom stereocenters. The van der Waals surface area contributed by atoms with Crippen molar-refractivity contribution < 1.29 is 19.1 Å². The molecule has 0 fully saturated rings. The van der Waals surface area contributed by atoms with Gasteiger partial charge in [-0.05, 0) is 64.0 Å². The second-order valence-corrected chi connectivity index (χ2v) is 6.85. The molecule has 0 aliphatic heterocycles. The van der Waals surface area contributed by atoms with Gasteiger partial charge in [-0.2, -0.15) is 5.26 Å². The highest BCUT2D eigenvalue weighted by atomic mass is 79.9. The van der Waals surface area contributed by atoms with E-state index in [0.29, 0.717) is 27.1 Å². The lowest BCUT2D eigenvalue weighted by Gasteiger charge is -2.15. The van der Waals surface area contributed by atoms with E-state index >= 15 is 0 Å². The Hall–Kier alpha value is -3.11. The number of hydrogen-bond donors (Lipinski definition) is 0. The van der Waals surface area contributed by atoms with Gasteiger partial charge in [0.25, 0.3) is 5.91 Å². The van der Waals surface area contributed by atoms with E-state index in [1.165, 1.54) is 18.1 Å². The third-order valence-electron chi connectivity index (χ3n) is 3.82. The number of ether oxygens (including phenoxy) is 2. The van der Waals surface area contributed by atoms with Gasteiger partial charge in [0.15, 0.2) is 23.9 Å². The first-order valence-electron chi connectivity index (χ1n) is 8.28. The van der Waals surface area contributed by atoms with E-state index < -0.39 is 0 Å². The summed E-state index contributed by atoms with van der Waals surface area (Å²) < 4.78 is 11.5. The number of halogens is 1. The highest BCUT2D eigenvalue weighted by Crippen LogP contribution is 2.37. The van der Waals surface area contributed by atoms with Crippen LogP contribution in [0, 0.1) is 11.3 Å². The molecule has 144 valence electrons. The van der Waals surface area contributed by atoms with Crippen molar-refractivity contribution in [2.45, 2.75) is 0 Å². The van der Waals surface area contributed by atoms with Gasteiger partial charge in [0, 0.05) is 19.7 Å². The summed E-state index contributed by atoms with van der Waals surface area (Å²) in [6, 6.07) is 11.9. The zero-order valence-corrected chi connectivity index (χ0v) is 17.3. The monoisotopic (exact) mass is 442 g/mol. The molecule has 0 aliphatic carbocycles. The third-order valence-corrected chi connectivity index (χ3v) is 4.41. The van der Waals surface area contributed by atoms with Crippen LogP contribution in [-0.4, -0.2) is 44.4 Å². The first kappa shape index (κ1) is 21.2. The van der Waals surface area contributed by atoms with Gasteiger partial charge < -0.3 is 14.4 Å². The molecule has 7 heteroatoms. The van der Waals surface area contributed by atoms with Crippen molar-refractivity contribution in [2.24, 2.45) is 0 Å². The summed E-state index contributed by atoms with van der Waals surface area (Å²) in [7, 11) is 4.80. The van der Waals surface area contributed by atoms with Crippen LogP contribution in [0.2, 0.25) is 0 Å². The van der Waals surface area contributed by atoms with Crippen LogP contribution < -0.4 is 9.47 Å². The van der Waals surface area contributed by atoms with Gasteiger partial charge in [-0.15, -0.1) is 0 Å². The van der Waals surface area contributed by atoms with E-state index in [0.717, 1.165) is 5.56 Å². The van der Waals surface area contributed by atoms with Crippen LogP contribution in [-0.2, 0) is 4.79 Å². The van der Waals surface area contributed by atoms with E-state index in [1.54, 1.807) is 56.6 Å². The number of ketones is 1. The molecule has 0 unspecified atom stereocenters. The zero-order chi connectivity index (χ0) is 20.7. The highest BCUT2D eigenvalue weighted by Gasteiger charge is 2.14.